The molecule has 0 aromatic heterocycles. The summed E-state index contributed by atoms with van der Waals surface area (Å²) in [5.41, 5.74) is 0.663. The van der Waals surface area contributed by atoms with Crippen molar-refractivity contribution in [2.75, 3.05) is 5.75 Å². The fourth-order valence-electron chi connectivity index (χ4n) is 3.35. The number of Topliss-reactive ketones (excluding diaryl/α,β-unsaturated/α-hetero) is 3. The number of hydrogen-bond donors (Lipinski definition) is 0. The molecular weight excluding hydrogens is 344 g/mol. The first kappa shape index (κ1) is 20.9. The lowest BCUT2D eigenvalue weighted by Crippen LogP contribution is -2.39. The predicted octanol–water partition coefficient (Wildman–Crippen LogP) is 5.66. The molecule has 1 atom stereocenters. The molecule has 0 N–H and O–H groups in total. The van der Waals surface area contributed by atoms with E-state index in [1.165, 1.54) is 63.1 Å². The van der Waals surface area contributed by atoms with Gasteiger partial charge >= 0.3 is 0 Å². The van der Waals surface area contributed by atoms with Gasteiger partial charge in [0.25, 0.3) is 0 Å². The van der Waals surface area contributed by atoms with E-state index < -0.39 is 16.8 Å². The molecule has 4 heteroatoms. The minimum Gasteiger partial charge on any atom is -0.292 e. The van der Waals surface area contributed by atoms with E-state index in [0.29, 0.717) is 5.56 Å². The van der Waals surface area contributed by atoms with Crippen LogP contribution in [0.5, 0.6) is 0 Å². The molecule has 26 heavy (non-hydrogen) atoms. The van der Waals surface area contributed by atoms with Crippen LogP contribution in [0.3, 0.4) is 0 Å². The summed E-state index contributed by atoms with van der Waals surface area (Å²) < 4.78 is 0. The Morgan fingerprint density at radius 3 is 1.88 bits per heavy atom. The van der Waals surface area contributed by atoms with E-state index in [4.69, 9.17) is 0 Å². The Balaban J connectivity index is 1.63. The van der Waals surface area contributed by atoms with Crippen molar-refractivity contribution >= 4 is 29.1 Å². The quantitative estimate of drug-likeness (QED) is 0.269. The number of carbonyl (C=O) groups excluding carboxylic acids is 3. The predicted molar refractivity (Wildman–Crippen MR) is 108 cm³/mol. The van der Waals surface area contributed by atoms with Crippen LogP contribution in [0, 0.1) is 0 Å². The minimum absolute atomic E-state index is 0.206. The molecule has 0 saturated heterocycles. The summed E-state index contributed by atoms with van der Waals surface area (Å²) in [4.78, 5) is 36.9. The Bertz CT molecular complexity index is 624. The van der Waals surface area contributed by atoms with Gasteiger partial charge in [-0.2, -0.15) is 0 Å². The van der Waals surface area contributed by atoms with Gasteiger partial charge in [-0.1, -0.05) is 89.0 Å². The number of ketones is 3. The number of fused-ring (bicyclic) bond motifs is 1. The summed E-state index contributed by atoms with van der Waals surface area (Å²) in [7, 11) is 0. The maximum Gasteiger partial charge on any atom is 0.230 e. The van der Waals surface area contributed by atoms with E-state index in [2.05, 4.69) is 6.92 Å². The lowest BCUT2D eigenvalue weighted by molar-refractivity contribution is -0.114. The van der Waals surface area contributed by atoms with Gasteiger partial charge in [0.1, 0.15) is 5.25 Å². The Kier molecular flexibility index (Phi) is 9.10. The molecule has 2 rings (SSSR count). The first-order valence-electron chi connectivity index (χ1n) is 10.00. The summed E-state index contributed by atoms with van der Waals surface area (Å²) >= 11 is 1.34. The maximum atomic E-state index is 12.5. The third-order valence-corrected chi connectivity index (χ3v) is 6.21. The van der Waals surface area contributed by atoms with Crippen LogP contribution < -0.4 is 0 Å². The van der Waals surface area contributed by atoms with Crippen molar-refractivity contribution < 1.29 is 14.4 Å². The number of rotatable bonds is 12. The third-order valence-electron chi connectivity index (χ3n) is 4.92. The summed E-state index contributed by atoms with van der Waals surface area (Å²) in [5, 5.41) is -0.837. The number of thioether (sulfide) groups is 1. The van der Waals surface area contributed by atoms with E-state index >= 15 is 0 Å². The molecule has 1 aliphatic rings. The van der Waals surface area contributed by atoms with Crippen molar-refractivity contribution in [2.24, 2.45) is 0 Å². The van der Waals surface area contributed by atoms with Gasteiger partial charge in [0, 0.05) is 11.1 Å². The minimum atomic E-state index is -0.837. The maximum absolute atomic E-state index is 12.5. The van der Waals surface area contributed by atoms with Crippen LogP contribution in [-0.2, 0) is 4.79 Å². The molecule has 0 saturated carbocycles. The molecule has 1 aromatic rings. The molecule has 1 aromatic carbocycles. The van der Waals surface area contributed by atoms with E-state index in [1.807, 2.05) is 0 Å². The monoisotopic (exact) mass is 374 g/mol. The summed E-state index contributed by atoms with van der Waals surface area (Å²) in [6.07, 6.45) is 12.6. The van der Waals surface area contributed by atoms with Crippen LogP contribution in [0.4, 0.5) is 0 Å². The third kappa shape index (κ3) is 5.80. The second kappa shape index (κ2) is 11.3. The number of hydrogen-bond acceptors (Lipinski definition) is 4. The van der Waals surface area contributed by atoms with E-state index in [1.54, 1.807) is 24.3 Å². The molecule has 0 fully saturated rings. The standard InChI is InChI=1S/C22H30O3S/c1-2-3-4-5-6-7-8-9-10-13-16-26-22-20(24)18-15-12-11-14-17(18)19(23)21(22)25/h11-12,14-15,22H,2-10,13,16H2,1H3. The molecule has 0 aliphatic heterocycles. The van der Waals surface area contributed by atoms with Gasteiger partial charge < -0.3 is 0 Å². The van der Waals surface area contributed by atoms with Gasteiger partial charge in [0.05, 0.1) is 0 Å². The van der Waals surface area contributed by atoms with E-state index in [0.717, 1.165) is 18.6 Å². The van der Waals surface area contributed by atoms with Crippen LogP contribution in [0.15, 0.2) is 24.3 Å². The van der Waals surface area contributed by atoms with Crippen LogP contribution in [-0.4, -0.2) is 28.4 Å². The lowest BCUT2D eigenvalue weighted by atomic mass is 9.88. The van der Waals surface area contributed by atoms with Crippen molar-refractivity contribution in [1.82, 2.24) is 0 Å². The Morgan fingerprint density at radius 2 is 1.27 bits per heavy atom. The SMILES string of the molecule is CCCCCCCCCCCCSC1C(=O)C(=O)c2ccccc2C1=O. The van der Waals surface area contributed by atoms with Gasteiger partial charge in [-0.3, -0.25) is 14.4 Å². The largest absolute Gasteiger partial charge is 0.292 e. The number of carbonyl (C=O) groups is 3. The first-order chi connectivity index (χ1) is 12.7. The normalized spacial score (nSPS) is 16.8. The van der Waals surface area contributed by atoms with Crippen LogP contribution in [0.2, 0.25) is 0 Å². The zero-order valence-corrected chi connectivity index (χ0v) is 16.6. The molecule has 0 spiro atoms. The van der Waals surface area contributed by atoms with Crippen LogP contribution in [0.1, 0.15) is 91.8 Å². The average Bonchev–Trinajstić information content (AvgIpc) is 2.66. The highest BCUT2D eigenvalue weighted by Gasteiger charge is 2.40. The Labute approximate surface area is 161 Å². The molecule has 1 aliphatic carbocycles. The van der Waals surface area contributed by atoms with Crippen LogP contribution >= 0.6 is 11.8 Å². The summed E-state index contributed by atoms with van der Waals surface area (Å²) in [6, 6.07) is 6.64. The van der Waals surface area contributed by atoms with Gasteiger partial charge in [0.15, 0.2) is 5.78 Å². The molecule has 0 bridgehead atoms. The van der Waals surface area contributed by atoms with Crippen molar-refractivity contribution in [3.63, 3.8) is 0 Å². The molecule has 1 unspecified atom stereocenters. The lowest BCUT2D eigenvalue weighted by Gasteiger charge is -2.20. The van der Waals surface area contributed by atoms with Crippen molar-refractivity contribution in [1.29, 1.82) is 0 Å². The molecule has 3 nitrogen and oxygen atoms in total. The zero-order chi connectivity index (χ0) is 18.8. The highest BCUT2D eigenvalue weighted by Crippen LogP contribution is 2.27. The van der Waals surface area contributed by atoms with Crippen molar-refractivity contribution in [2.45, 2.75) is 76.4 Å². The number of unbranched alkanes of at least 4 members (excludes halogenated alkanes) is 9. The molecule has 0 heterocycles. The van der Waals surface area contributed by atoms with Crippen molar-refractivity contribution in [3.05, 3.63) is 35.4 Å². The topological polar surface area (TPSA) is 51.2 Å². The van der Waals surface area contributed by atoms with Crippen molar-refractivity contribution in [3.8, 4) is 0 Å². The fraction of sp³-hybridized carbons (Fsp3) is 0.591. The van der Waals surface area contributed by atoms with Gasteiger partial charge in [-0.05, 0) is 12.2 Å². The number of benzene rings is 1. The fourth-order valence-corrected chi connectivity index (χ4v) is 4.49. The molecule has 0 radical (unpaired) electrons. The Hall–Kier alpha value is -1.42. The van der Waals surface area contributed by atoms with Crippen LogP contribution in [0.25, 0.3) is 0 Å². The zero-order valence-electron chi connectivity index (χ0n) is 15.8. The van der Waals surface area contributed by atoms with E-state index in [9.17, 15) is 14.4 Å². The van der Waals surface area contributed by atoms with Gasteiger partial charge in [-0.25, -0.2) is 0 Å². The van der Waals surface area contributed by atoms with Gasteiger partial charge in [0.2, 0.25) is 11.6 Å². The average molecular weight is 375 g/mol. The van der Waals surface area contributed by atoms with E-state index in [-0.39, 0.29) is 11.3 Å². The molecular formula is C22H30O3S. The first-order valence-corrected chi connectivity index (χ1v) is 11.0. The second-order valence-corrected chi connectivity index (χ2v) is 8.25. The summed E-state index contributed by atoms with van der Waals surface area (Å²) in [6.45, 7) is 2.24. The second-order valence-electron chi connectivity index (χ2n) is 7.04. The molecule has 142 valence electrons. The van der Waals surface area contributed by atoms with Gasteiger partial charge in [-0.15, -0.1) is 11.8 Å². The Morgan fingerprint density at radius 1 is 0.731 bits per heavy atom. The molecule has 0 amide bonds. The smallest absolute Gasteiger partial charge is 0.230 e. The highest BCUT2D eigenvalue weighted by molar-refractivity contribution is 8.01. The highest BCUT2D eigenvalue weighted by atomic mass is 32.2. The summed E-state index contributed by atoms with van der Waals surface area (Å²) in [5.74, 6) is -0.512.